The molecule has 2 aromatic heterocycles. The van der Waals surface area contributed by atoms with Gasteiger partial charge in [0.05, 0.1) is 6.20 Å². The summed E-state index contributed by atoms with van der Waals surface area (Å²) < 4.78 is 0.973. The summed E-state index contributed by atoms with van der Waals surface area (Å²) in [7, 11) is 0. The number of nitriles is 1. The van der Waals surface area contributed by atoms with E-state index in [0.717, 1.165) is 10.4 Å². The molecule has 2 rings (SSSR count). The Morgan fingerprint density at radius 2 is 2.29 bits per heavy atom. The molecule has 0 aliphatic carbocycles. The Bertz CT molecular complexity index is 623. The van der Waals surface area contributed by atoms with Crippen LogP contribution in [0.15, 0.2) is 24.4 Å². The maximum Gasteiger partial charge on any atom is 0.298 e. The first-order valence-electron chi connectivity index (χ1n) is 4.85. The third kappa shape index (κ3) is 1.86. The lowest BCUT2D eigenvalue weighted by molar-refractivity contribution is 0.0943. The van der Waals surface area contributed by atoms with Gasteiger partial charge in [-0.2, -0.15) is 15.0 Å². The number of aryl methyl sites for hydroxylation is 1. The van der Waals surface area contributed by atoms with Crippen LogP contribution in [0.2, 0.25) is 0 Å². The van der Waals surface area contributed by atoms with Crippen LogP contribution in [0.1, 0.15) is 21.7 Å². The molecule has 0 unspecified atom stereocenters. The van der Waals surface area contributed by atoms with Gasteiger partial charge in [-0.15, -0.1) is 0 Å². The van der Waals surface area contributed by atoms with Crippen LogP contribution in [-0.4, -0.2) is 20.7 Å². The first-order chi connectivity index (χ1) is 8.13. The van der Waals surface area contributed by atoms with Crippen LogP contribution >= 0.6 is 0 Å². The summed E-state index contributed by atoms with van der Waals surface area (Å²) in [6.45, 7) is 1.78. The van der Waals surface area contributed by atoms with Gasteiger partial charge in [-0.3, -0.25) is 4.79 Å². The Morgan fingerprint density at radius 3 is 2.88 bits per heavy atom. The first-order valence-corrected chi connectivity index (χ1v) is 4.85. The molecule has 2 heterocycles. The van der Waals surface area contributed by atoms with Gasteiger partial charge in [0.15, 0.2) is 0 Å². The van der Waals surface area contributed by atoms with E-state index in [-0.39, 0.29) is 17.1 Å². The highest BCUT2D eigenvalue weighted by Crippen LogP contribution is 2.11. The lowest BCUT2D eigenvalue weighted by Gasteiger charge is -2.02. The SMILES string of the molecule is Cc1cccc(C(=O)n2ncc(C#N)c2N)n1. The predicted octanol–water partition coefficient (Wildman–Crippen LogP) is 0.729. The van der Waals surface area contributed by atoms with Crippen molar-refractivity contribution in [3.63, 3.8) is 0 Å². The van der Waals surface area contributed by atoms with Gasteiger partial charge in [0.2, 0.25) is 0 Å². The maximum atomic E-state index is 12.0. The average Bonchev–Trinajstić information content (AvgIpc) is 2.69. The molecule has 0 fully saturated rings. The first kappa shape index (κ1) is 10.8. The number of rotatable bonds is 1. The second-order valence-electron chi connectivity index (χ2n) is 3.44. The lowest BCUT2D eigenvalue weighted by Crippen LogP contribution is -2.17. The van der Waals surface area contributed by atoms with Crippen molar-refractivity contribution in [2.75, 3.05) is 5.73 Å². The molecule has 0 saturated heterocycles. The standard InChI is InChI=1S/C11H9N5O/c1-7-3-2-4-9(15-7)11(17)16-10(13)8(5-12)6-14-16/h2-4,6H,13H2,1H3. The van der Waals surface area contributed by atoms with Gasteiger partial charge in [-0.05, 0) is 19.1 Å². The monoisotopic (exact) mass is 227 g/mol. The fraction of sp³-hybridized carbons (Fsp3) is 0.0909. The van der Waals surface area contributed by atoms with E-state index in [2.05, 4.69) is 10.1 Å². The molecular weight excluding hydrogens is 218 g/mol. The molecule has 0 aromatic carbocycles. The Kier molecular flexibility index (Phi) is 2.58. The van der Waals surface area contributed by atoms with Crippen LogP contribution in [0.25, 0.3) is 0 Å². The molecule has 0 radical (unpaired) electrons. The number of anilines is 1. The van der Waals surface area contributed by atoms with Crippen LogP contribution in [0.4, 0.5) is 5.82 Å². The van der Waals surface area contributed by atoms with Crippen molar-refractivity contribution < 1.29 is 4.79 Å². The van der Waals surface area contributed by atoms with Gasteiger partial charge < -0.3 is 5.73 Å². The zero-order valence-corrected chi connectivity index (χ0v) is 9.08. The van der Waals surface area contributed by atoms with E-state index >= 15 is 0 Å². The molecule has 6 nitrogen and oxygen atoms in total. The maximum absolute atomic E-state index is 12.0. The molecule has 84 valence electrons. The van der Waals surface area contributed by atoms with Crippen molar-refractivity contribution in [2.45, 2.75) is 6.92 Å². The second-order valence-corrected chi connectivity index (χ2v) is 3.44. The number of hydrogen-bond donors (Lipinski definition) is 1. The van der Waals surface area contributed by atoms with Gasteiger partial charge in [-0.25, -0.2) is 4.98 Å². The van der Waals surface area contributed by atoms with E-state index in [4.69, 9.17) is 11.0 Å². The minimum atomic E-state index is -0.451. The Labute approximate surface area is 97.3 Å². The van der Waals surface area contributed by atoms with E-state index in [9.17, 15) is 4.79 Å². The van der Waals surface area contributed by atoms with Crippen LogP contribution in [0.5, 0.6) is 0 Å². The third-order valence-electron chi connectivity index (χ3n) is 2.23. The van der Waals surface area contributed by atoms with Crippen LogP contribution in [0, 0.1) is 18.3 Å². The summed E-state index contributed by atoms with van der Waals surface area (Å²) in [6.07, 6.45) is 1.25. The Balaban J connectivity index is 2.45. The minimum absolute atomic E-state index is 0.0285. The van der Waals surface area contributed by atoms with Crippen molar-refractivity contribution in [1.82, 2.24) is 14.8 Å². The van der Waals surface area contributed by atoms with Crippen LogP contribution in [0.3, 0.4) is 0 Å². The Morgan fingerprint density at radius 1 is 1.53 bits per heavy atom. The van der Waals surface area contributed by atoms with Crippen molar-refractivity contribution in [3.05, 3.63) is 41.3 Å². The summed E-state index contributed by atoms with van der Waals surface area (Å²) in [5, 5.41) is 12.5. The molecule has 0 spiro atoms. The largest absolute Gasteiger partial charge is 0.382 e. The number of nitrogens with two attached hydrogens (primary N) is 1. The van der Waals surface area contributed by atoms with Gasteiger partial charge in [-0.1, -0.05) is 6.07 Å². The van der Waals surface area contributed by atoms with Crippen molar-refractivity contribution in [3.8, 4) is 6.07 Å². The van der Waals surface area contributed by atoms with Gasteiger partial charge in [0.25, 0.3) is 5.91 Å². The molecular formula is C11H9N5O. The number of aromatic nitrogens is 3. The van der Waals surface area contributed by atoms with Crippen molar-refractivity contribution in [1.29, 1.82) is 5.26 Å². The van der Waals surface area contributed by atoms with E-state index in [1.54, 1.807) is 25.1 Å². The number of pyridine rings is 1. The summed E-state index contributed by atoms with van der Waals surface area (Å²) in [4.78, 5) is 16.1. The van der Waals surface area contributed by atoms with Gasteiger partial charge >= 0.3 is 0 Å². The fourth-order valence-corrected chi connectivity index (χ4v) is 1.38. The molecule has 0 bridgehead atoms. The molecule has 0 aliphatic heterocycles. The summed E-state index contributed by atoms with van der Waals surface area (Å²) >= 11 is 0. The lowest BCUT2D eigenvalue weighted by atomic mass is 10.3. The molecule has 17 heavy (non-hydrogen) atoms. The van der Waals surface area contributed by atoms with E-state index in [0.29, 0.717) is 0 Å². The number of carbonyl (C=O) groups is 1. The normalized spacial score (nSPS) is 9.88. The van der Waals surface area contributed by atoms with Gasteiger partial charge in [0.1, 0.15) is 23.1 Å². The summed E-state index contributed by atoms with van der Waals surface area (Å²) in [5.74, 6) is -0.423. The molecule has 2 aromatic rings. The predicted molar refractivity (Wildman–Crippen MR) is 60.1 cm³/mol. The molecule has 0 atom stereocenters. The van der Waals surface area contributed by atoms with Crippen LogP contribution in [-0.2, 0) is 0 Å². The summed E-state index contributed by atoms with van der Waals surface area (Å²) in [6, 6.07) is 6.93. The average molecular weight is 227 g/mol. The van der Waals surface area contributed by atoms with Crippen molar-refractivity contribution >= 4 is 11.7 Å². The van der Waals surface area contributed by atoms with E-state index in [1.807, 2.05) is 6.07 Å². The van der Waals surface area contributed by atoms with Gasteiger partial charge in [0, 0.05) is 5.69 Å². The molecule has 0 aliphatic rings. The van der Waals surface area contributed by atoms with Crippen molar-refractivity contribution in [2.24, 2.45) is 0 Å². The number of hydrogen-bond acceptors (Lipinski definition) is 5. The fourth-order valence-electron chi connectivity index (χ4n) is 1.38. The number of carbonyl (C=O) groups excluding carboxylic acids is 1. The zero-order chi connectivity index (χ0) is 12.4. The van der Waals surface area contributed by atoms with Crippen LogP contribution < -0.4 is 5.73 Å². The second kappa shape index (κ2) is 4.06. The smallest absolute Gasteiger partial charge is 0.298 e. The van der Waals surface area contributed by atoms with E-state index < -0.39 is 5.91 Å². The quantitative estimate of drug-likeness (QED) is 0.774. The topological polar surface area (TPSA) is 97.6 Å². The third-order valence-corrected chi connectivity index (χ3v) is 2.23. The minimum Gasteiger partial charge on any atom is -0.382 e. The number of nitrogen functional groups attached to an aromatic ring is 1. The molecule has 0 amide bonds. The van der Waals surface area contributed by atoms with E-state index in [1.165, 1.54) is 6.20 Å². The number of nitrogens with zero attached hydrogens (tertiary/aromatic N) is 4. The Hall–Kier alpha value is -2.68. The zero-order valence-electron chi connectivity index (χ0n) is 9.08. The summed E-state index contributed by atoms with van der Waals surface area (Å²) in [5.41, 5.74) is 6.76. The molecule has 6 heteroatoms. The highest BCUT2D eigenvalue weighted by atomic mass is 16.2. The molecule has 2 N–H and O–H groups in total. The highest BCUT2D eigenvalue weighted by Gasteiger charge is 2.16. The molecule has 0 saturated carbocycles. The highest BCUT2D eigenvalue weighted by molar-refractivity contribution is 5.95.